The molecule has 1 aliphatic rings. The average molecular weight is 662 g/mol. The number of rotatable bonds is 6. The molecule has 7 aromatic rings. The van der Waals surface area contributed by atoms with Gasteiger partial charge < -0.3 is 5.73 Å². The van der Waals surface area contributed by atoms with E-state index in [-0.39, 0.29) is 11.4 Å². The van der Waals surface area contributed by atoms with Crippen LogP contribution >= 0.6 is 0 Å². The molecule has 0 fully saturated rings. The van der Waals surface area contributed by atoms with Crippen molar-refractivity contribution in [1.82, 2.24) is 29.9 Å². The number of nitrogens with zero attached hydrogens (tertiary/aromatic N) is 6. The molecule has 6 heterocycles. The molecule has 51 heavy (non-hydrogen) atoms. The van der Waals surface area contributed by atoms with Crippen molar-refractivity contribution in [2.24, 2.45) is 0 Å². The third-order valence-electron chi connectivity index (χ3n) is 7.93. The van der Waals surface area contributed by atoms with Crippen molar-refractivity contribution in [1.29, 1.82) is 10.8 Å². The lowest BCUT2D eigenvalue weighted by Crippen LogP contribution is -2.20. The molecule has 0 saturated heterocycles. The van der Waals surface area contributed by atoms with Gasteiger partial charge in [-0.25, -0.2) is 19.9 Å². The number of pyridine rings is 6. The zero-order valence-corrected chi connectivity index (χ0v) is 27.3. The van der Waals surface area contributed by atoms with E-state index in [0.29, 0.717) is 45.3 Å². The lowest BCUT2D eigenvalue weighted by molar-refractivity contribution is 1.20. The minimum Gasteiger partial charge on any atom is -0.399 e. The van der Waals surface area contributed by atoms with E-state index in [1.165, 1.54) is 0 Å². The van der Waals surface area contributed by atoms with E-state index in [1.807, 2.05) is 152 Å². The van der Waals surface area contributed by atoms with Gasteiger partial charge in [-0.05, 0) is 97.1 Å². The van der Waals surface area contributed by atoms with Crippen molar-refractivity contribution in [2.75, 3.05) is 5.73 Å². The summed E-state index contributed by atoms with van der Waals surface area (Å²) in [6.07, 6.45) is 7.14. The second kappa shape index (κ2) is 14.9. The molecular weight excluding hydrogens is 631 g/mol. The molecule has 1 aliphatic carbocycles. The van der Waals surface area contributed by atoms with Gasteiger partial charge in [0.05, 0.1) is 68.4 Å². The van der Waals surface area contributed by atoms with Crippen LogP contribution in [-0.4, -0.2) is 41.3 Å². The largest absolute Gasteiger partial charge is 0.399 e. The van der Waals surface area contributed by atoms with Crippen LogP contribution in [0, 0.1) is 10.8 Å². The van der Waals surface area contributed by atoms with Gasteiger partial charge in [-0.1, -0.05) is 54.6 Å². The molecule has 1 aromatic carbocycles. The van der Waals surface area contributed by atoms with Crippen LogP contribution in [0.2, 0.25) is 0 Å². The fraction of sp³-hybridized carbons (Fsp3) is 0. The fourth-order valence-corrected chi connectivity index (χ4v) is 5.41. The first-order chi connectivity index (χ1) is 25.0. The van der Waals surface area contributed by atoms with Crippen LogP contribution in [0.1, 0.15) is 11.4 Å². The quantitative estimate of drug-likeness (QED) is 0.119. The number of anilines is 1. The van der Waals surface area contributed by atoms with Crippen LogP contribution < -0.4 is 5.73 Å². The molecule has 0 aliphatic heterocycles. The number of hydrogen-bond donors (Lipinski definition) is 3. The van der Waals surface area contributed by atoms with Crippen molar-refractivity contribution >= 4 is 28.3 Å². The highest BCUT2D eigenvalue weighted by Gasteiger charge is 2.23. The summed E-state index contributed by atoms with van der Waals surface area (Å²) in [6.45, 7) is 0. The second-order valence-electron chi connectivity index (χ2n) is 11.4. The third kappa shape index (κ3) is 7.43. The van der Waals surface area contributed by atoms with Crippen LogP contribution in [0.25, 0.3) is 56.7 Å². The molecule has 244 valence electrons. The Bertz CT molecular complexity index is 2250. The van der Waals surface area contributed by atoms with E-state index in [1.54, 1.807) is 12.4 Å². The van der Waals surface area contributed by atoms with Gasteiger partial charge in [0.2, 0.25) is 0 Å². The summed E-state index contributed by atoms with van der Waals surface area (Å²) in [5, 5.41) is 17.8. The van der Waals surface area contributed by atoms with Crippen LogP contribution in [0.4, 0.5) is 5.69 Å². The Balaban J connectivity index is 0.000000520. The molecule has 0 spiro atoms. The normalized spacial score (nSPS) is 12.3. The minimum atomic E-state index is 0.0739. The van der Waals surface area contributed by atoms with E-state index < -0.39 is 0 Å². The van der Waals surface area contributed by atoms with Crippen LogP contribution in [-0.2, 0) is 0 Å². The van der Waals surface area contributed by atoms with Gasteiger partial charge in [-0.2, -0.15) is 0 Å². The van der Waals surface area contributed by atoms with Gasteiger partial charge in [0.1, 0.15) is 0 Å². The first-order valence-corrected chi connectivity index (χ1v) is 16.2. The molecule has 9 nitrogen and oxygen atoms in total. The Morgan fingerprint density at radius 3 is 0.980 bits per heavy atom. The van der Waals surface area contributed by atoms with Crippen LogP contribution in [0.3, 0.4) is 0 Å². The van der Waals surface area contributed by atoms with Crippen molar-refractivity contribution in [3.8, 4) is 45.6 Å². The molecule has 0 unspecified atom stereocenters. The zero-order valence-electron chi connectivity index (χ0n) is 27.3. The maximum Gasteiger partial charge on any atom is 0.0894 e. The lowest BCUT2D eigenvalue weighted by Gasteiger charge is -2.17. The van der Waals surface area contributed by atoms with E-state index in [0.717, 1.165) is 28.5 Å². The van der Waals surface area contributed by atoms with E-state index >= 15 is 0 Å². The van der Waals surface area contributed by atoms with Crippen LogP contribution in [0.5, 0.6) is 0 Å². The summed E-state index contributed by atoms with van der Waals surface area (Å²) < 4.78 is 0. The standard InChI is InChI=1S/C36H24N8.C6H7N/c37-35-23(25-11-5-15-31(41-25)33-17-7-13-29(43-33)27-9-1-3-21-39-27)19-20-24(36(35)38)26-12-6-16-32(42-26)34-18-8-14-30(44-34)28-10-2-4-22-40-28;7-6-4-2-1-3-5-6/h1-22,37-38H;1-5H,7H2. The Hall–Kier alpha value is -7.26. The van der Waals surface area contributed by atoms with Crippen molar-refractivity contribution in [3.05, 3.63) is 175 Å². The molecule has 0 bridgehead atoms. The molecule has 9 heteroatoms. The van der Waals surface area contributed by atoms with Gasteiger partial charge in [-0.3, -0.25) is 20.8 Å². The van der Waals surface area contributed by atoms with Crippen LogP contribution in [0.15, 0.2) is 164 Å². The molecule has 0 radical (unpaired) electrons. The van der Waals surface area contributed by atoms with Crippen molar-refractivity contribution in [3.63, 3.8) is 0 Å². The van der Waals surface area contributed by atoms with E-state index in [9.17, 15) is 0 Å². The molecule has 0 amide bonds. The molecule has 0 atom stereocenters. The summed E-state index contributed by atoms with van der Waals surface area (Å²) in [4.78, 5) is 28.0. The summed E-state index contributed by atoms with van der Waals surface area (Å²) in [5.41, 5.74) is 14.4. The number of nitrogen functional groups attached to an aromatic ring is 1. The highest BCUT2D eigenvalue weighted by molar-refractivity contribution is 6.68. The summed E-state index contributed by atoms with van der Waals surface area (Å²) in [7, 11) is 0. The summed E-state index contributed by atoms with van der Waals surface area (Å²) in [6, 6.07) is 43.7. The molecule has 0 saturated carbocycles. The van der Waals surface area contributed by atoms with Gasteiger partial charge in [0, 0.05) is 29.2 Å². The zero-order chi connectivity index (χ0) is 35.0. The van der Waals surface area contributed by atoms with Crippen molar-refractivity contribution < 1.29 is 0 Å². The first-order valence-electron chi connectivity index (χ1n) is 16.2. The summed E-state index contributed by atoms with van der Waals surface area (Å²) >= 11 is 0. The van der Waals surface area contributed by atoms with E-state index in [2.05, 4.69) is 9.97 Å². The van der Waals surface area contributed by atoms with Gasteiger partial charge in [0.15, 0.2) is 0 Å². The first kappa shape index (κ1) is 32.3. The Kier molecular flexibility index (Phi) is 9.42. The molecule has 8 rings (SSSR count). The fourth-order valence-electron chi connectivity index (χ4n) is 5.41. The molecule has 6 aromatic heterocycles. The van der Waals surface area contributed by atoms with Gasteiger partial charge in [-0.15, -0.1) is 0 Å². The topological polar surface area (TPSA) is 151 Å². The number of allylic oxidation sites excluding steroid dienone is 4. The Morgan fingerprint density at radius 2 is 0.647 bits per heavy atom. The van der Waals surface area contributed by atoms with Gasteiger partial charge >= 0.3 is 0 Å². The molecule has 4 N–H and O–H groups in total. The predicted molar refractivity (Wildman–Crippen MR) is 204 cm³/mol. The summed E-state index contributed by atoms with van der Waals surface area (Å²) in [5.74, 6) is 0. The lowest BCUT2D eigenvalue weighted by atomic mass is 9.90. The number of nitrogens with one attached hydrogen (secondary N) is 2. The average Bonchev–Trinajstić information content (AvgIpc) is 3.20. The van der Waals surface area contributed by atoms with Gasteiger partial charge in [0.25, 0.3) is 0 Å². The maximum absolute atomic E-state index is 8.89. The number of aromatic nitrogens is 6. The number of para-hydroxylation sites is 1. The monoisotopic (exact) mass is 661 g/mol. The smallest absolute Gasteiger partial charge is 0.0894 e. The highest BCUT2D eigenvalue weighted by Crippen LogP contribution is 2.29. The number of benzene rings is 1. The second-order valence-corrected chi connectivity index (χ2v) is 11.4. The van der Waals surface area contributed by atoms with E-state index in [4.69, 9.17) is 36.5 Å². The number of nitrogens with two attached hydrogens (primary N) is 1. The highest BCUT2D eigenvalue weighted by atomic mass is 14.8. The number of hydrogen-bond acceptors (Lipinski definition) is 9. The predicted octanol–water partition coefficient (Wildman–Crippen LogP) is 8.51. The third-order valence-corrected chi connectivity index (χ3v) is 7.93. The Labute approximate surface area is 295 Å². The minimum absolute atomic E-state index is 0.0739. The Morgan fingerprint density at radius 1 is 0.333 bits per heavy atom. The molecular formula is C42H31N9. The van der Waals surface area contributed by atoms with Crippen molar-refractivity contribution in [2.45, 2.75) is 0 Å². The maximum atomic E-state index is 8.89. The SMILES string of the molecule is N=C1C(=N)C(c2cccc(-c3cccc(-c4ccccn4)n3)n2)=CC=C1c1cccc(-c2cccc(-c3ccccn3)n2)n1.Nc1ccccc1.